The number of aromatic nitrogens is 2. The number of aryl methyl sites for hydroxylation is 2. The highest BCUT2D eigenvalue weighted by Gasteiger charge is 2.66. The summed E-state index contributed by atoms with van der Waals surface area (Å²) in [6, 6.07) is 18.1. The smallest absolute Gasteiger partial charge is 0.297 e. The number of carbonyl (C=O) groups excluding carboxylic acids is 2. The molecule has 198 valence electrons. The Bertz CT molecular complexity index is 1930. The highest BCUT2D eigenvalue weighted by atomic mass is 32.1. The van der Waals surface area contributed by atoms with Crippen molar-refractivity contribution < 1.29 is 18.4 Å². The van der Waals surface area contributed by atoms with Gasteiger partial charge in [0.1, 0.15) is 16.4 Å². The molecule has 40 heavy (non-hydrogen) atoms. The van der Waals surface area contributed by atoms with Crippen LogP contribution in [-0.4, -0.2) is 22.0 Å². The fourth-order valence-electron chi connectivity index (χ4n) is 5.68. The first-order chi connectivity index (χ1) is 19.3. The molecule has 1 spiro atoms. The van der Waals surface area contributed by atoms with Gasteiger partial charge in [-0.3, -0.25) is 19.3 Å². The van der Waals surface area contributed by atoms with E-state index in [9.17, 15) is 18.8 Å². The largest absolute Gasteiger partial charge is 0.450 e. The van der Waals surface area contributed by atoms with E-state index in [2.05, 4.69) is 10.2 Å². The van der Waals surface area contributed by atoms with Crippen molar-refractivity contribution in [3.05, 3.63) is 116 Å². The lowest BCUT2D eigenvalue weighted by Crippen LogP contribution is -2.53. The maximum absolute atomic E-state index is 14.8. The molecule has 2 amide bonds. The molecule has 2 aliphatic heterocycles. The van der Waals surface area contributed by atoms with Crippen LogP contribution in [0, 0.1) is 12.7 Å². The highest BCUT2D eigenvalue weighted by molar-refractivity contribution is 7.15. The van der Waals surface area contributed by atoms with Crippen molar-refractivity contribution in [2.45, 2.75) is 32.4 Å². The van der Waals surface area contributed by atoms with Crippen molar-refractivity contribution in [3.8, 4) is 0 Å². The van der Waals surface area contributed by atoms with Crippen LogP contribution in [0.2, 0.25) is 0 Å². The van der Waals surface area contributed by atoms with Gasteiger partial charge in [-0.1, -0.05) is 60.2 Å². The van der Waals surface area contributed by atoms with Gasteiger partial charge in [0, 0.05) is 5.56 Å². The number of anilines is 2. The molecule has 0 N–H and O–H groups in total. The van der Waals surface area contributed by atoms with Gasteiger partial charge in [-0.25, -0.2) is 4.39 Å². The van der Waals surface area contributed by atoms with Gasteiger partial charge in [0.05, 0.1) is 23.2 Å². The lowest BCUT2D eigenvalue weighted by molar-refractivity contribution is -0.121. The minimum Gasteiger partial charge on any atom is -0.450 e. The summed E-state index contributed by atoms with van der Waals surface area (Å²) in [4.78, 5) is 46.1. The second-order valence-electron chi connectivity index (χ2n) is 9.85. The van der Waals surface area contributed by atoms with Crippen molar-refractivity contribution in [2.75, 3.05) is 9.80 Å². The predicted molar refractivity (Wildman–Crippen MR) is 148 cm³/mol. The minimum atomic E-state index is -1.86. The van der Waals surface area contributed by atoms with Crippen LogP contribution >= 0.6 is 11.3 Å². The van der Waals surface area contributed by atoms with Gasteiger partial charge in [0.15, 0.2) is 11.0 Å². The Balaban J connectivity index is 1.55. The fraction of sp³-hybridized carbons (Fsp3) is 0.167. The van der Waals surface area contributed by atoms with Crippen LogP contribution in [0.3, 0.4) is 0 Å². The number of halogens is 1. The number of hydrogen-bond donors (Lipinski definition) is 0. The SMILES string of the molecule is CCc1nnc(N2C(=O)c3oc4ccc(C)cc4c(=O)c3C23C(=O)N(Cc2ccc(F)cc2)c2ccccc23)s1. The summed E-state index contributed by atoms with van der Waals surface area (Å²) in [5.74, 6) is -1.73. The molecule has 8 nitrogen and oxygen atoms in total. The number of carbonyl (C=O) groups is 2. The number of hydrogen-bond acceptors (Lipinski definition) is 7. The Hall–Kier alpha value is -4.70. The zero-order valence-electron chi connectivity index (χ0n) is 21.5. The summed E-state index contributed by atoms with van der Waals surface area (Å²) in [7, 11) is 0. The van der Waals surface area contributed by atoms with Gasteiger partial charge in [0.25, 0.3) is 11.8 Å². The molecule has 0 saturated carbocycles. The van der Waals surface area contributed by atoms with Gasteiger partial charge in [-0.05, 0) is 49.2 Å². The number of para-hydroxylation sites is 1. The van der Waals surface area contributed by atoms with Crippen LogP contribution in [0.4, 0.5) is 15.2 Å². The molecule has 0 bridgehead atoms. The Morgan fingerprint density at radius 1 is 1.00 bits per heavy atom. The van der Waals surface area contributed by atoms with E-state index in [1.807, 2.05) is 13.8 Å². The Morgan fingerprint density at radius 2 is 1.77 bits per heavy atom. The molecule has 5 aromatic rings. The third-order valence-electron chi connectivity index (χ3n) is 7.48. The molecule has 0 radical (unpaired) electrons. The Morgan fingerprint density at radius 3 is 2.52 bits per heavy atom. The summed E-state index contributed by atoms with van der Waals surface area (Å²) < 4.78 is 19.8. The monoisotopic (exact) mass is 552 g/mol. The van der Waals surface area contributed by atoms with Gasteiger partial charge >= 0.3 is 0 Å². The molecule has 1 unspecified atom stereocenters. The molecule has 10 heteroatoms. The third-order valence-corrected chi connectivity index (χ3v) is 8.54. The second-order valence-corrected chi connectivity index (χ2v) is 10.9. The van der Waals surface area contributed by atoms with E-state index in [0.29, 0.717) is 28.2 Å². The van der Waals surface area contributed by atoms with Crippen molar-refractivity contribution >= 4 is 44.9 Å². The number of rotatable bonds is 4. The molecule has 2 aliphatic rings. The third kappa shape index (κ3) is 3.19. The molecule has 3 aromatic carbocycles. The molecule has 0 aliphatic carbocycles. The van der Waals surface area contributed by atoms with Gasteiger partial charge in [-0.15, -0.1) is 10.2 Å². The molecule has 4 heterocycles. The predicted octanol–water partition coefficient (Wildman–Crippen LogP) is 5.11. The van der Waals surface area contributed by atoms with E-state index in [1.165, 1.54) is 33.3 Å². The molecular weight excluding hydrogens is 531 g/mol. The number of amides is 2. The minimum absolute atomic E-state index is 0.0390. The van der Waals surface area contributed by atoms with Crippen LogP contribution in [-0.2, 0) is 23.3 Å². The standard InChI is InChI=1S/C30H21FN4O4S/c1-3-23-32-33-29(40-23)35-27(37)26-24(25(36)19-14-16(2)8-13-22(19)39-26)30(35)20-6-4-5-7-21(20)34(28(30)38)15-17-9-11-18(31)12-10-17/h4-14H,3,15H2,1-2H3. The lowest BCUT2D eigenvalue weighted by atomic mass is 9.84. The van der Waals surface area contributed by atoms with Gasteiger partial charge in [0.2, 0.25) is 10.9 Å². The van der Waals surface area contributed by atoms with E-state index in [-0.39, 0.29) is 34.0 Å². The number of nitrogens with zero attached hydrogens (tertiary/aromatic N) is 4. The van der Waals surface area contributed by atoms with E-state index in [4.69, 9.17) is 4.42 Å². The zero-order chi connectivity index (χ0) is 27.8. The average Bonchev–Trinajstić information content (AvgIpc) is 3.60. The number of fused-ring (bicyclic) bond motifs is 5. The van der Waals surface area contributed by atoms with E-state index >= 15 is 0 Å². The van der Waals surface area contributed by atoms with E-state index < -0.39 is 28.6 Å². The van der Waals surface area contributed by atoms with Crippen LogP contribution in [0.25, 0.3) is 11.0 Å². The zero-order valence-corrected chi connectivity index (χ0v) is 22.3. The Labute approximate surface area is 231 Å². The second kappa shape index (κ2) is 8.65. The van der Waals surface area contributed by atoms with E-state index in [1.54, 1.807) is 54.6 Å². The maximum Gasteiger partial charge on any atom is 0.297 e. The molecule has 0 fully saturated rings. The quantitative estimate of drug-likeness (QED) is 0.308. The van der Waals surface area contributed by atoms with E-state index in [0.717, 1.165) is 5.56 Å². The molecule has 2 aromatic heterocycles. The topological polar surface area (TPSA) is 96.6 Å². The van der Waals surface area contributed by atoms with Gasteiger partial charge in [-0.2, -0.15) is 0 Å². The molecular formula is C30H21FN4O4S. The average molecular weight is 553 g/mol. The molecule has 0 saturated heterocycles. The summed E-state index contributed by atoms with van der Waals surface area (Å²) in [5.41, 5.74) is 0.421. The summed E-state index contributed by atoms with van der Waals surface area (Å²) >= 11 is 1.19. The number of benzene rings is 3. The van der Waals surface area contributed by atoms with Crippen LogP contribution in [0.1, 0.15) is 44.7 Å². The van der Waals surface area contributed by atoms with Crippen molar-refractivity contribution in [3.63, 3.8) is 0 Å². The van der Waals surface area contributed by atoms with Crippen LogP contribution in [0.5, 0.6) is 0 Å². The normalized spacial score (nSPS) is 17.8. The first-order valence-corrected chi connectivity index (χ1v) is 13.6. The van der Waals surface area contributed by atoms with Crippen LogP contribution < -0.4 is 15.2 Å². The summed E-state index contributed by atoms with van der Waals surface area (Å²) in [6.45, 7) is 3.87. The first-order valence-electron chi connectivity index (χ1n) is 12.8. The molecule has 1 atom stereocenters. The van der Waals surface area contributed by atoms with Crippen molar-refractivity contribution in [2.24, 2.45) is 0 Å². The molecule has 7 rings (SSSR count). The first kappa shape index (κ1) is 24.3. The lowest BCUT2D eigenvalue weighted by Gasteiger charge is -2.32. The van der Waals surface area contributed by atoms with Crippen molar-refractivity contribution in [1.29, 1.82) is 0 Å². The fourth-order valence-corrected chi connectivity index (χ4v) is 6.51. The Kier molecular flexibility index (Phi) is 5.27. The highest BCUT2D eigenvalue weighted by Crippen LogP contribution is 2.54. The maximum atomic E-state index is 14.8. The summed E-state index contributed by atoms with van der Waals surface area (Å²) in [5, 5.41) is 9.63. The van der Waals surface area contributed by atoms with Gasteiger partial charge < -0.3 is 9.32 Å². The van der Waals surface area contributed by atoms with Crippen LogP contribution in [0.15, 0.2) is 75.9 Å². The van der Waals surface area contributed by atoms with Crippen molar-refractivity contribution in [1.82, 2.24) is 10.2 Å². The summed E-state index contributed by atoms with van der Waals surface area (Å²) in [6.07, 6.45) is 0.585.